The van der Waals surface area contributed by atoms with Crippen molar-refractivity contribution in [1.29, 1.82) is 0 Å². The predicted octanol–water partition coefficient (Wildman–Crippen LogP) is 2.19. The normalized spacial score (nSPS) is 10.7. The first-order chi connectivity index (χ1) is 13.2. The van der Waals surface area contributed by atoms with Gasteiger partial charge in [0.2, 0.25) is 10.0 Å². The fourth-order valence-corrected chi connectivity index (χ4v) is 3.25. The van der Waals surface area contributed by atoms with Gasteiger partial charge in [-0.05, 0) is 48.6 Å². The predicted molar refractivity (Wildman–Crippen MR) is 109 cm³/mol. The minimum absolute atomic E-state index is 0.0104. The van der Waals surface area contributed by atoms with Gasteiger partial charge in [-0.2, -0.15) is 0 Å². The average molecular weight is 420 g/mol. The van der Waals surface area contributed by atoms with Crippen molar-refractivity contribution in [2.75, 3.05) is 11.9 Å². The Morgan fingerprint density at radius 2 is 1.75 bits per heavy atom. The highest BCUT2D eigenvalue weighted by atomic mass is 32.2. The molecule has 146 valence electrons. The summed E-state index contributed by atoms with van der Waals surface area (Å²) in [6.07, 6.45) is 1.43. The Balaban J connectivity index is 1.98. The quantitative estimate of drug-likeness (QED) is 0.271. The molecule has 0 fully saturated rings. The largest absolute Gasteiger partial charge is 0.332 e. The summed E-state index contributed by atoms with van der Waals surface area (Å²) in [5.74, 6) is -0.541. The molecular formula is C17H16N4O5S2. The summed E-state index contributed by atoms with van der Waals surface area (Å²) in [4.78, 5) is 22.2. The van der Waals surface area contributed by atoms with E-state index in [0.717, 1.165) is 0 Å². The van der Waals surface area contributed by atoms with Crippen LogP contribution in [0, 0.1) is 10.1 Å². The van der Waals surface area contributed by atoms with Gasteiger partial charge in [0.1, 0.15) is 0 Å². The van der Waals surface area contributed by atoms with Gasteiger partial charge in [0.05, 0.1) is 9.82 Å². The third-order valence-corrected chi connectivity index (χ3v) is 5.05. The zero-order valence-electron chi connectivity index (χ0n) is 14.4. The molecule has 0 aliphatic heterocycles. The lowest BCUT2D eigenvalue weighted by molar-refractivity contribution is -0.384. The van der Waals surface area contributed by atoms with Crippen LogP contribution in [-0.2, 0) is 10.0 Å². The Morgan fingerprint density at radius 1 is 1.14 bits per heavy atom. The highest BCUT2D eigenvalue weighted by Crippen LogP contribution is 2.14. The number of anilines is 1. The van der Waals surface area contributed by atoms with Gasteiger partial charge in [0.15, 0.2) is 5.11 Å². The number of nitro benzene ring substituents is 1. The summed E-state index contributed by atoms with van der Waals surface area (Å²) in [7, 11) is -3.63. The number of amides is 1. The molecule has 11 heteroatoms. The molecule has 0 saturated heterocycles. The molecular weight excluding hydrogens is 404 g/mol. The van der Waals surface area contributed by atoms with Crippen LogP contribution < -0.4 is 15.4 Å². The molecule has 2 aromatic carbocycles. The van der Waals surface area contributed by atoms with Crippen molar-refractivity contribution in [3.05, 3.63) is 76.9 Å². The van der Waals surface area contributed by atoms with Crippen molar-refractivity contribution >= 4 is 44.6 Å². The molecule has 0 heterocycles. The fraction of sp³-hybridized carbons (Fsp3) is 0.0588. The Kier molecular flexibility index (Phi) is 6.93. The van der Waals surface area contributed by atoms with E-state index in [1.165, 1.54) is 54.6 Å². The van der Waals surface area contributed by atoms with E-state index in [0.29, 0.717) is 5.69 Å². The van der Waals surface area contributed by atoms with Crippen LogP contribution in [0.15, 0.2) is 66.1 Å². The van der Waals surface area contributed by atoms with Gasteiger partial charge in [0.25, 0.3) is 11.6 Å². The maximum Gasteiger partial charge on any atom is 0.269 e. The molecule has 1 amide bonds. The summed E-state index contributed by atoms with van der Waals surface area (Å²) in [6.45, 7) is 3.56. The highest BCUT2D eigenvalue weighted by molar-refractivity contribution is 7.89. The van der Waals surface area contributed by atoms with Crippen molar-refractivity contribution in [1.82, 2.24) is 10.0 Å². The van der Waals surface area contributed by atoms with Crippen molar-refractivity contribution in [3.63, 3.8) is 0 Å². The van der Waals surface area contributed by atoms with E-state index in [4.69, 9.17) is 12.2 Å². The Labute approximate surface area is 166 Å². The number of hydrogen-bond acceptors (Lipinski definition) is 6. The standard InChI is InChI=1S/C17H16N4O5S2/c1-2-11-18-28(25,26)15-9-5-13(6-10-15)19-17(27)20-16(22)12-3-7-14(8-4-12)21(23)24/h2-10,18H,1,11H2,(H2,19,20,22,27). The molecule has 2 rings (SSSR count). The maximum atomic E-state index is 12.1. The van der Waals surface area contributed by atoms with Crippen LogP contribution in [0.5, 0.6) is 0 Å². The van der Waals surface area contributed by atoms with Crippen LogP contribution >= 0.6 is 12.2 Å². The Bertz CT molecular complexity index is 1000. The van der Waals surface area contributed by atoms with E-state index >= 15 is 0 Å². The van der Waals surface area contributed by atoms with Gasteiger partial charge in [-0.15, -0.1) is 6.58 Å². The van der Waals surface area contributed by atoms with E-state index < -0.39 is 20.9 Å². The Morgan fingerprint density at radius 3 is 2.29 bits per heavy atom. The number of rotatable bonds is 7. The van der Waals surface area contributed by atoms with E-state index in [1.807, 2.05) is 0 Å². The second kappa shape index (κ2) is 9.17. The molecule has 0 spiro atoms. The van der Waals surface area contributed by atoms with Gasteiger partial charge >= 0.3 is 0 Å². The van der Waals surface area contributed by atoms with Crippen molar-refractivity contribution < 1.29 is 18.1 Å². The molecule has 0 aliphatic rings. The molecule has 0 bridgehead atoms. The lowest BCUT2D eigenvalue weighted by atomic mass is 10.2. The molecule has 0 atom stereocenters. The number of carbonyl (C=O) groups excluding carboxylic acids is 1. The van der Waals surface area contributed by atoms with E-state index in [2.05, 4.69) is 21.9 Å². The number of non-ortho nitro benzene ring substituents is 1. The van der Waals surface area contributed by atoms with Gasteiger partial charge in [-0.1, -0.05) is 6.08 Å². The molecule has 0 aromatic heterocycles. The third-order valence-electron chi connectivity index (χ3n) is 3.41. The lowest BCUT2D eigenvalue weighted by Crippen LogP contribution is -2.34. The lowest BCUT2D eigenvalue weighted by Gasteiger charge is -2.10. The van der Waals surface area contributed by atoms with Gasteiger partial charge in [-0.25, -0.2) is 13.1 Å². The zero-order valence-corrected chi connectivity index (χ0v) is 16.0. The second-order valence-corrected chi connectivity index (χ2v) is 7.55. The molecule has 2 aromatic rings. The summed E-state index contributed by atoms with van der Waals surface area (Å²) in [5.41, 5.74) is 0.538. The van der Waals surface area contributed by atoms with Crippen molar-refractivity contribution in [3.8, 4) is 0 Å². The minimum atomic E-state index is -3.63. The Hall–Kier alpha value is -3.15. The van der Waals surface area contributed by atoms with Crippen LogP contribution in [0.1, 0.15) is 10.4 Å². The van der Waals surface area contributed by atoms with Crippen LogP contribution in [-0.4, -0.2) is 30.9 Å². The van der Waals surface area contributed by atoms with E-state index in [-0.39, 0.29) is 27.8 Å². The number of nitrogens with one attached hydrogen (secondary N) is 3. The average Bonchev–Trinajstić information content (AvgIpc) is 2.66. The number of hydrogen-bond donors (Lipinski definition) is 3. The molecule has 0 unspecified atom stereocenters. The number of carbonyl (C=O) groups is 1. The molecule has 9 nitrogen and oxygen atoms in total. The number of sulfonamides is 1. The van der Waals surface area contributed by atoms with Crippen molar-refractivity contribution in [2.45, 2.75) is 4.90 Å². The van der Waals surface area contributed by atoms with Gasteiger partial charge < -0.3 is 5.32 Å². The van der Waals surface area contributed by atoms with Crippen molar-refractivity contribution in [2.24, 2.45) is 0 Å². The first-order valence-electron chi connectivity index (χ1n) is 7.80. The minimum Gasteiger partial charge on any atom is -0.332 e. The summed E-state index contributed by atoms with van der Waals surface area (Å²) >= 11 is 5.05. The van der Waals surface area contributed by atoms with E-state index in [1.54, 1.807) is 0 Å². The number of thiocarbonyl (C=S) groups is 1. The second-order valence-electron chi connectivity index (χ2n) is 5.38. The monoisotopic (exact) mass is 420 g/mol. The molecule has 0 radical (unpaired) electrons. The fourth-order valence-electron chi connectivity index (χ4n) is 2.04. The SMILES string of the molecule is C=CCNS(=O)(=O)c1ccc(NC(=S)NC(=O)c2ccc([N+](=O)[O-])cc2)cc1. The molecule has 28 heavy (non-hydrogen) atoms. The number of nitrogens with zero attached hydrogens (tertiary/aromatic N) is 1. The first-order valence-corrected chi connectivity index (χ1v) is 9.69. The molecule has 0 aliphatic carbocycles. The molecule has 0 saturated carbocycles. The molecule has 3 N–H and O–H groups in total. The first kappa shape index (κ1) is 21.2. The van der Waals surface area contributed by atoms with Crippen LogP contribution in [0.3, 0.4) is 0 Å². The zero-order chi connectivity index (χ0) is 20.7. The van der Waals surface area contributed by atoms with Gasteiger partial charge in [0, 0.05) is 29.9 Å². The highest BCUT2D eigenvalue weighted by Gasteiger charge is 2.13. The summed E-state index contributed by atoms with van der Waals surface area (Å²) in [6, 6.07) is 10.8. The summed E-state index contributed by atoms with van der Waals surface area (Å²) in [5, 5.41) is 15.8. The van der Waals surface area contributed by atoms with Crippen LogP contribution in [0.2, 0.25) is 0 Å². The van der Waals surface area contributed by atoms with Crippen LogP contribution in [0.4, 0.5) is 11.4 Å². The van der Waals surface area contributed by atoms with Crippen LogP contribution in [0.25, 0.3) is 0 Å². The third kappa shape index (κ3) is 5.67. The van der Waals surface area contributed by atoms with E-state index in [9.17, 15) is 23.3 Å². The number of nitro groups is 1. The topological polar surface area (TPSA) is 130 Å². The summed E-state index contributed by atoms with van der Waals surface area (Å²) < 4.78 is 26.3. The maximum absolute atomic E-state index is 12.1. The number of benzene rings is 2. The smallest absolute Gasteiger partial charge is 0.269 e. The van der Waals surface area contributed by atoms with Gasteiger partial charge in [-0.3, -0.25) is 20.2 Å².